The van der Waals surface area contributed by atoms with Gasteiger partial charge in [-0.05, 0) is 43.0 Å². The van der Waals surface area contributed by atoms with Crippen LogP contribution in [0.15, 0.2) is 18.2 Å². The van der Waals surface area contributed by atoms with E-state index >= 15 is 0 Å². The summed E-state index contributed by atoms with van der Waals surface area (Å²) in [6.07, 6.45) is 4.04. The third-order valence-electron chi connectivity index (χ3n) is 2.61. The molecule has 0 aromatic heterocycles. The second-order valence-electron chi connectivity index (χ2n) is 4.15. The summed E-state index contributed by atoms with van der Waals surface area (Å²) < 4.78 is 13.2. The van der Waals surface area contributed by atoms with E-state index in [9.17, 15) is 9.18 Å². The predicted molar refractivity (Wildman–Crippen MR) is 82.3 cm³/mol. The maximum atomic E-state index is 13.2. The van der Waals surface area contributed by atoms with Gasteiger partial charge in [0, 0.05) is 12.1 Å². The van der Waals surface area contributed by atoms with Crippen molar-refractivity contribution in [3.63, 3.8) is 0 Å². The van der Waals surface area contributed by atoms with Crippen LogP contribution in [-0.2, 0) is 0 Å². The number of nitrogens with two attached hydrogens (primary N) is 1. The number of thioether (sulfide) groups is 1. The van der Waals surface area contributed by atoms with Gasteiger partial charge in [-0.1, -0.05) is 11.8 Å². The van der Waals surface area contributed by atoms with Gasteiger partial charge in [0.1, 0.15) is 5.82 Å². The molecule has 0 saturated heterocycles. The molecule has 0 atom stereocenters. The van der Waals surface area contributed by atoms with Gasteiger partial charge in [-0.3, -0.25) is 4.79 Å². The maximum absolute atomic E-state index is 13.2. The first-order chi connectivity index (χ1) is 9.69. The van der Waals surface area contributed by atoms with Gasteiger partial charge in [0.05, 0.1) is 12.1 Å². The van der Waals surface area contributed by atoms with Crippen molar-refractivity contribution in [3.8, 4) is 11.8 Å². The molecule has 3 nitrogen and oxygen atoms in total. The van der Waals surface area contributed by atoms with Gasteiger partial charge >= 0.3 is 0 Å². The number of rotatable bonds is 6. The summed E-state index contributed by atoms with van der Waals surface area (Å²) in [5, 5.41) is 2.82. The van der Waals surface area contributed by atoms with Crippen LogP contribution in [0.2, 0.25) is 0 Å². The van der Waals surface area contributed by atoms with E-state index in [4.69, 9.17) is 5.73 Å². The zero-order valence-corrected chi connectivity index (χ0v) is 12.4. The minimum Gasteiger partial charge on any atom is -0.352 e. The number of benzene rings is 1. The molecule has 0 fully saturated rings. The van der Waals surface area contributed by atoms with E-state index in [1.54, 1.807) is 11.8 Å². The highest BCUT2D eigenvalue weighted by Gasteiger charge is 2.10. The summed E-state index contributed by atoms with van der Waals surface area (Å²) in [5.41, 5.74) is 6.06. The standard InChI is InChI=1S/C15H19FN2OS/c1-20-10-3-2-9-18-15(19)14-7-6-13(16)11-12(14)5-4-8-17/h6-7,11H,2-3,8-10,17H2,1H3,(H,18,19). The van der Waals surface area contributed by atoms with Crippen LogP contribution in [0.4, 0.5) is 4.39 Å². The van der Waals surface area contributed by atoms with Crippen LogP contribution in [0.25, 0.3) is 0 Å². The van der Waals surface area contributed by atoms with Crippen molar-refractivity contribution in [3.05, 3.63) is 35.1 Å². The monoisotopic (exact) mass is 294 g/mol. The Hall–Kier alpha value is -1.51. The normalized spacial score (nSPS) is 9.75. The average molecular weight is 294 g/mol. The Kier molecular flexibility index (Phi) is 7.78. The fourth-order valence-corrected chi connectivity index (χ4v) is 2.13. The minimum absolute atomic E-state index is 0.173. The van der Waals surface area contributed by atoms with E-state index < -0.39 is 5.82 Å². The number of hydrogen-bond acceptors (Lipinski definition) is 3. The Labute approximate surface area is 123 Å². The zero-order chi connectivity index (χ0) is 14.8. The lowest BCUT2D eigenvalue weighted by Crippen LogP contribution is -2.25. The zero-order valence-electron chi connectivity index (χ0n) is 11.5. The molecule has 0 heterocycles. The molecule has 20 heavy (non-hydrogen) atoms. The van der Waals surface area contributed by atoms with Crippen molar-refractivity contribution in [2.24, 2.45) is 5.73 Å². The van der Waals surface area contributed by atoms with Crippen LogP contribution in [-0.4, -0.2) is 31.0 Å². The highest BCUT2D eigenvalue weighted by Crippen LogP contribution is 2.10. The molecule has 1 amide bonds. The second-order valence-corrected chi connectivity index (χ2v) is 5.14. The summed E-state index contributed by atoms with van der Waals surface area (Å²) >= 11 is 1.79. The Morgan fingerprint density at radius 1 is 1.45 bits per heavy atom. The first kappa shape index (κ1) is 16.5. The van der Waals surface area contributed by atoms with Crippen molar-refractivity contribution in [2.75, 3.05) is 25.1 Å². The van der Waals surface area contributed by atoms with Gasteiger partial charge in [0.15, 0.2) is 0 Å². The summed E-state index contributed by atoms with van der Waals surface area (Å²) in [5.74, 6) is 5.81. The van der Waals surface area contributed by atoms with Crippen LogP contribution >= 0.6 is 11.8 Å². The molecule has 0 aliphatic heterocycles. The van der Waals surface area contributed by atoms with E-state index in [1.807, 2.05) is 0 Å². The van der Waals surface area contributed by atoms with Crippen LogP contribution in [0.3, 0.4) is 0 Å². The third kappa shape index (κ3) is 5.64. The smallest absolute Gasteiger partial charge is 0.252 e. The molecular formula is C15H19FN2OS. The number of nitrogens with one attached hydrogen (secondary N) is 1. The SMILES string of the molecule is CSCCCCNC(=O)c1ccc(F)cc1C#CCN. The molecular weight excluding hydrogens is 275 g/mol. The van der Waals surface area contributed by atoms with Crippen LogP contribution in [0, 0.1) is 17.7 Å². The molecule has 1 aromatic rings. The molecule has 0 aliphatic rings. The molecule has 3 N–H and O–H groups in total. The number of amides is 1. The second kappa shape index (κ2) is 9.40. The van der Waals surface area contributed by atoms with Crippen molar-refractivity contribution in [1.29, 1.82) is 0 Å². The molecule has 5 heteroatoms. The molecule has 1 aromatic carbocycles. The van der Waals surface area contributed by atoms with E-state index in [-0.39, 0.29) is 12.5 Å². The fraction of sp³-hybridized carbons (Fsp3) is 0.400. The Morgan fingerprint density at radius 2 is 2.25 bits per heavy atom. The first-order valence-electron chi connectivity index (χ1n) is 6.44. The average Bonchev–Trinajstić information content (AvgIpc) is 2.44. The van der Waals surface area contributed by atoms with Crippen molar-refractivity contribution in [1.82, 2.24) is 5.32 Å². The van der Waals surface area contributed by atoms with E-state index in [0.717, 1.165) is 18.6 Å². The maximum Gasteiger partial charge on any atom is 0.252 e. The third-order valence-corrected chi connectivity index (χ3v) is 3.31. The molecule has 0 saturated carbocycles. The number of carbonyl (C=O) groups excluding carboxylic acids is 1. The lowest BCUT2D eigenvalue weighted by atomic mass is 10.1. The van der Waals surface area contributed by atoms with Crippen molar-refractivity contribution in [2.45, 2.75) is 12.8 Å². The number of carbonyl (C=O) groups is 1. The van der Waals surface area contributed by atoms with Gasteiger partial charge in [-0.25, -0.2) is 4.39 Å². The molecule has 0 aliphatic carbocycles. The summed E-state index contributed by atoms with van der Waals surface area (Å²) in [4.78, 5) is 12.0. The van der Waals surface area contributed by atoms with Crippen LogP contribution < -0.4 is 11.1 Å². The van der Waals surface area contributed by atoms with Gasteiger partial charge in [0.25, 0.3) is 5.91 Å². The topological polar surface area (TPSA) is 55.1 Å². The molecule has 0 bridgehead atoms. The highest BCUT2D eigenvalue weighted by atomic mass is 32.2. The number of hydrogen-bond donors (Lipinski definition) is 2. The van der Waals surface area contributed by atoms with E-state index in [2.05, 4.69) is 23.4 Å². The van der Waals surface area contributed by atoms with Crippen molar-refractivity contribution < 1.29 is 9.18 Å². The first-order valence-corrected chi connectivity index (χ1v) is 7.84. The summed E-state index contributed by atoms with van der Waals surface area (Å²) in [6.45, 7) is 0.785. The fourth-order valence-electron chi connectivity index (χ4n) is 1.63. The van der Waals surface area contributed by atoms with Gasteiger partial charge in [0.2, 0.25) is 0 Å². The van der Waals surface area contributed by atoms with E-state index in [0.29, 0.717) is 17.7 Å². The minimum atomic E-state index is -0.414. The Balaban J connectivity index is 2.67. The molecule has 0 unspecified atom stereocenters. The van der Waals surface area contributed by atoms with E-state index in [1.165, 1.54) is 18.2 Å². The lowest BCUT2D eigenvalue weighted by Gasteiger charge is -2.07. The molecule has 0 radical (unpaired) electrons. The largest absolute Gasteiger partial charge is 0.352 e. The number of unbranched alkanes of at least 4 members (excludes halogenated alkanes) is 1. The Morgan fingerprint density at radius 3 is 2.95 bits per heavy atom. The Bertz CT molecular complexity index is 508. The quantitative estimate of drug-likeness (QED) is 0.623. The van der Waals surface area contributed by atoms with Crippen LogP contribution in [0.1, 0.15) is 28.8 Å². The predicted octanol–water partition coefficient (Wildman–Crippen LogP) is 2.01. The summed E-state index contributed by atoms with van der Waals surface area (Å²) in [7, 11) is 0. The molecule has 108 valence electrons. The molecule has 1 rings (SSSR count). The molecule has 0 spiro atoms. The van der Waals surface area contributed by atoms with Gasteiger partial charge < -0.3 is 11.1 Å². The van der Waals surface area contributed by atoms with Crippen LogP contribution in [0.5, 0.6) is 0 Å². The summed E-state index contributed by atoms with van der Waals surface area (Å²) in [6, 6.07) is 3.97. The van der Waals surface area contributed by atoms with Crippen molar-refractivity contribution >= 4 is 17.7 Å². The highest BCUT2D eigenvalue weighted by molar-refractivity contribution is 7.98. The lowest BCUT2D eigenvalue weighted by molar-refractivity contribution is 0.0953. The number of halogens is 1. The van der Waals surface area contributed by atoms with Gasteiger partial charge in [-0.15, -0.1) is 0 Å². The van der Waals surface area contributed by atoms with Gasteiger partial charge in [-0.2, -0.15) is 11.8 Å².